The van der Waals surface area contributed by atoms with Crippen LogP contribution < -0.4 is 19.6 Å². The molecular formula is C28H28N2O4S2. The molecule has 6 nitrogen and oxygen atoms in total. The first kappa shape index (κ1) is 25.7. The van der Waals surface area contributed by atoms with Crippen molar-refractivity contribution in [3.63, 3.8) is 0 Å². The molecule has 0 spiro atoms. The van der Waals surface area contributed by atoms with Crippen LogP contribution in [0.5, 0.6) is 5.75 Å². The van der Waals surface area contributed by atoms with E-state index in [2.05, 4.69) is 4.99 Å². The molecule has 3 aromatic rings. The number of esters is 1. The fourth-order valence-electron chi connectivity index (χ4n) is 4.02. The molecule has 1 aliphatic rings. The van der Waals surface area contributed by atoms with Crippen LogP contribution >= 0.6 is 23.1 Å². The molecule has 0 fully saturated rings. The van der Waals surface area contributed by atoms with E-state index >= 15 is 0 Å². The number of para-hydroxylation sites is 1. The molecule has 0 N–H and O–H groups in total. The van der Waals surface area contributed by atoms with Gasteiger partial charge in [-0.2, -0.15) is 0 Å². The third kappa shape index (κ3) is 5.24. The van der Waals surface area contributed by atoms with Gasteiger partial charge in [-0.15, -0.1) is 11.8 Å². The first-order valence-corrected chi connectivity index (χ1v) is 13.5. The van der Waals surface area contributed by atoms with Gasteiger partial charge in [0.15, 0.2) is 4.80 Å². The van der Waals surface area contributed by atoms with Crippen LogP contribution in [-0.2, 0) is 9.53 Å². The van der Waals surface area contributed by atoms with Crippen LogP contribution in [0.2, 0.25) is 0 Å². The van der Waals surface area contributed by atoms with E-state index in [9.17, 15) is 9.59 Å². The van der Waals surface area contributed by atoms with E-state index in [4.69, 9.17) is 9.47 Å². The fraction of sp³-hybridized carbons (Fsp3) is 0.250. The fourth-order valence-corrected chi connectivity index (χ4v) is 5.43. The summed E-state index contributed by atoms with van der Waals surface area (Å²) in [5.74, 6) is 0.289. The highest BCUT2D eigenvalue weighted by Crippen LogP contribution is 2.32. The standard InChI is InChI=1S/C28H28N2O4S2/c1-17(2)34-27(32)24-18(3)29-28-30(25(24)20-13-15-21(35-5)16-14-20)26(31)23(36-28)12-8-10-19-9-6-7-11-22(19)33-4/h6-17,25H,1-5H3. The van der Waals surface area contributed by atoms with E-state index in [-0.39, 0.29) is 11.7 Å². The second-order valence-corrected chi connectivity index (χ2v) is 10.3. The zero-order valence-corrected chi connectivity index (χ0v) is 22.5. The number of methoxy groups -OCH3 is 1. The van der Waals surface area contributed by atoms with Gasteiger partial charge in [-0.25, -0.2) is 9.79 Å². The van der Waals surface area contributed by atoms with Crippen LogP contribution in [0.3, 0.4) is 0 Å². The molecule has 0 radical (unpaired) electrons. The van der Waals surface area contributed by atoms with Crippen molar-refractivity contribution in [3.8, 4) is 5.75 Å². The molecule has 0 saturated heterocycles. The minimum atomic E-state index is -0.622. The minimum Gasteiger partial charge on any atom is -0.496 e. The van der Waals surface area contributed by atoms with E-state index in [1.54, 1.807) is 50.3 Å². The predicted molar refractivity (Wildman–Crippen MR) is 146 cm³/mol. The van der Waals surface area contributed by atoms with Gasteiger partial charge in [0.1, 0.15) is 5.75 Å². The Balaban J connectivity index is 1.84. The molecule has 186 valence electrons. The molecular weight excluding hydrogens is 492 g/mol. The van der Waals surface area contributed by atoms with Gasteiger partial charge in [-0.3, -0.25) is 9.36 Å². The predicted octanol–water partition coefficient (Wildman–Crippen LogP) is 4.58. The highest BCUT2D eigenvalue weighted by molar-refractivity contribution is 7.98. The number of fused-ring (bicyclic) bond motifs is 1. The maximum Gasteiger partial charge on any atom is 0.338 e. The molecule has 4 rings (SSSR count). The highest BCUT2D eigenvalue weighted by atomic mass is 32.2. The second-order valence-electron chi connectivity index (χ2n) is 8.43. The Hall–Kier alpha value is -3.36. The van der Waals surface area contributed by atoms with Crippen molar-refractivity contribution in [2.45, 2.75) is 37.8 Å². The average molecular weight is 521 g/mol. The second kappa shape index (κ2) is 11.1. The van der Waals surface area contributed by atoms with Gasteiger partial charge in [-0.1, -0.05) is 53.8 Å². The molecule has 0 aliphatic carbocycles. The summed E-state index contributed by atoms with van der Waals surface area (Å²) < 4.78 is 13.1. The lowest BCUT2D eigenvalue weighted by atomic mass is 9.96. The van der Waals surface area contributed by atoms with E-state index < -0.39 is 12.0 Å². The number of carbonyl (C=O) groups is 1. The van der Waals surface area contributed by atoms with Gasteiger partial charge in [-0.05, 0) is 56.9 Å². The van der Waals surface area contributed by atoms with Crippen molar-refractivity contribution in [1.82, 2.24) is 4.57 Å². The number of nitrogens with zero attached hydrogens (tertiary/aromatic N) is 2. The van der Waals surface area contributed by atoms with Crippen LogP contribution in [0.1, 0.15) is 37.9 Å². The maximum absolute atomic E-state index is 13.6. The Morgan fingerprint density at radius 1 is 1.17 bits per heavy atom. The molecule has 0 saturated carbocycles. The minimum absolute atomic E-state index is 0.204. The third-order valence-corrected chi connectivity index (χ3v) is 7.42. The molecule has 0 amide bonds. The number of thioether (sulfide) groups is 1. The summed E-state index contributed by atoms with van der Waals surface area (Å²) in [5, 5.41) is 0. The SMILES string of the molecule is COc1ccccc1C=CC=c1sc2n(c1=O)C(c1ccc(SC)cc1)C(C(=O)OC(C)C)=C(C)N=2. The average Bonchev–Trinajstić information content (AvgIpc) is 3.17. The maximum atomic E-state index is 13.6. The topological polar surface area (TPSA) is 69.9 Å². The Kier molecular flexibility index (Phi) is 7.96. The summed E-state index contributed by atoms with van der Waals surface area (Å²) in [6.07, 6.45) is 7.21. The normalized spacial score (nSPS) is 15.8. The molecule has 36 heavy (non-hydrogen) atoms. The molecule has 0 bridgehead atoms. The van der Waals surface area contributed by atoms with E-state index in [0.717, 1.165) is 21.8 Å². The zero-order valence-electron chi connectivity index (χ0n) is 20.8. The van der Waals surface area contributed by atoms with Crippen molar-refractivity contribution in [2.75, 3.05) is 13.4 Å². The van der Waals surface area contributed by atoms with Crippen molar-refractivity contribution in [1.29, 1.82) is 0 Å². The number of rotatable bonds is 7. The van der Waals surface area contributed by atoms with E-state index in [1.165, 1.54) is 11.3 Å². The van der Waals surface area contributed by atoms with Crippen LogP contribution in [0.25, 0.3) is 12.2 Å². The van der Waals surface area contributed by atoms with Gasteiger partial charge in [0.2, 0.25) is 0 Å². The Labute approximate surface area is 218 Å². The summed E-state index contributed by atoms with van der Waals surface area (Å²) in [5.41, 5.74) is 2.46. The molecule has 2 aromatic carbocycles. The number of hydrogen-bond acceptors (Lipinski definition) is 7. The number of ether oxygens (including phenoxy) is 2. The number of hydrogen-bond donors (Lipinski definition) is 0. The van der Waals surface area contributed by atoms with Crippen LogP contribution in [0.4, 0.5) is 0 Å². The highest BCUT2D eigenvalue weighted by Gasteiger charge is 2.33. The number of carbonyl (C=O) groups excluding carboxylic acids is 1. The molecule has 1 aromatic heterocycles. The first-order chi connectivity index (χ1) is 17.3. The van der Waals surface area contributed by atoms with Crippen molar-refractivity contribution in [2.24, 2.45) is 4.99 Å². The summed E-state index contributed by atoms with van der Waals surface area (Å²) in [7, 11) is 1.63. The molecule has 1 aliphatic heterocycles. The van der Waals surface area contributed by atoms with Gasteiger partial charge >= 0.3 is 5.97 Å². The molecule has 1 unspecified atom stereocenters. The molecule has 1 atom stereocenters. The number of thiazole rings is 1. The lowest BCUT2D eigenvalue weighted by Crippen LogP contribution is -2.40. The Morgan fingerprint density at radius 3 is 2.56 bits per heavy atom. The Bertz CT molecular complexity index is 1510. The third-order valence-electron chi connectivity index (χ3n) is 5.68. The van der Waals surface area contributed by atoms with E-state index in [0.29, 0.717) is 20.6 Å². The number of allylic oxidation sites excluding steroid dienone is 2. The Morgan fingerprint density at radius 2 is 1.89 bits per heavy atom. The van der Waals surface area contributed by atoms with Crippen molar-refractivity contribution in [3.05, 3.63) is 96.7 Å². The molecule has 2 heterocycles. The summed E-state index contributed by atoms with van der Waals surface area (Å²) in [6.45, 7) is 5.40. The molecule has 8 heteroatoms. The lowest BCUT2D eigenvalue weighted by Gasteiger charge is -2.25. The van der Waals surface area contributed by atoms with E-state index in [1.807, 2.05) is 66.9 Å². The van der Waals surface area contributed by atoms with Crippen molar-refractivity contribution >= 4 is 41.2 Å². The van der Waals surface area contributed by atoms with Gasteiger partial charge in [0.25, 0.3) is 5.56 Å². The quantitative estimate of drug-likeness (QED) is 0.337. The van der Waals surface area contributed by atoms with Crippen LogP contribution in [-0.4, -0.2) is 30.0 Å². The first-order valence-electron chi connectivity index (χ1n) is 11.5. The summed E-state index contributed by atoms with van der Waals surface area (Å²) >= 11 is 2.93. The summed E-state index contributed by atoms with van der Waals surface area (Å²) in [4.78, 5) is 33.1. The monoisotopic (exact) mass is 520 g/mol. The smallest absolute Gasteiger partial charge is 0.338 e. The summed E-state index contributed by atoms with van der Waals surface area (Å²) in [6, 6.07) is 14.9. The zero-order chi connectivity index (χ0) is 25.8. The number of aromatic nitrogens is 1. The number of benzene rings is 2. The largest absolute Gasteiger partial charge is 0.496 e. The lowest BCUT2D eigenvalue weighted by molar-refractivity contribution is -0.143. The van der Waals surface area contributed by atoms with Crippen molar-refractivity contribution < 1.29 is 14.3 Å². The van der Waals surface area contributed by atoms with Gasteiger partial charge < -0.3 is 9.47 Å². The van der Waals surface area contributed by atoms with Gasteiger partial charge in [0.05, 0.1) is 35.1 Å². The van der Waals surface area contributed by atoms with Crippen LogP contribution in [0, 0.1) is 0 Å². The van der Waals surface area contributed by atoms with Gasteiger partial charge in [0, 0.05) is 10.5 Å². The van der Waals surface area contributed by atoms with Crippen LogP contribution in [0.15, 0.2) is 80.6 Å².